The van der Waals surface area contributed by atoms with E-state index >= 15 is 0 Å². The van der Waals surface area contributed by atoms with Gasteiger partial charge in [0.2, 0.25) is 0 Å². The first-order chi connectivity index (χ1) is 9.59. The molecular weight excluding hydrogens is 258 g/mol. The molecule has 0 fully saturated rings. The maximum atomic E-state index is 11.7. The molecule has 102 valence electrons. The Bertz CT molecular complexity index is 625. The molecule has 1 amide bonds. The summed E-state index contributed by atoms with van der Waals surface area (Å²) in [5.41, 5.74) is 0.190. The van der Waals surface area contributed by atoms with Crippen molar-refractivity contribution in [1.82, 2.24) is 0 Å². The minimum absolute atomic E-state index is 0.00127. The van der Waals surface area contributed by atoms with Gasteiger partial charge >= 0.3 is 5.97 Å². The summed E-state index contributed by atoms with van der Waals surface area (Å²) in [6.07, 6.45) is 0. The number of aromatic carboxylic acids is 1. The smallest absolute Gasteiger partial charge is 0.337 e. The van der Waals surface area contributed by atoms with E-state index in [1.807, 2.05) is 6.07 Å². The molecule has 0 heterocycles. The normalized spacial score (nSPS) is 9.85. The van der Waals surface area contributed by atoms with Crippen LogP contribution in [0.2, 0.25) is 0 Å². The molecule has 2 aromatic rings. The molecule has 2 rings (SSSR count). The van der Waals surface area contributed by atoms with Crippen LogP contribution < -0.4 is 9.90 Å². The second-order valence-electron chi connectivity index (χ2n) is 4.04. The number of benzene rings is 2. The van der Waals surface area contributed by atoms with Crippen molar-refractivity contribution in [1.29, 1.82) is 0 Å². The molecule has 1 N–H and O–H groups in total. The molecule has 0 atom stereocenters. The van der Waals surface area contributed by atoms with Crippen LogP contribution in [0.5, 0.6) is 5.75 Å². The maximum absolute atomic E-state index is 11.7. The van der Waals surface area contributed by atoms with Crippen LogP contribution in [-0.4, -0.2) is 17.0 Å². The molecule has 0 saturated heterocycles. The van der Waals surface area contributed by atoms with Crippen LogP contribution in [0.15, 0.2) is 54.6 Å². The number of rotatable bonds is 4. The zero-order valence-corrected chi connectivity index (χ0v) is 10.8. The van der Waals surface area contributed by atoms with Crippen molar-refractivity contribution in [3.05, 3.63) is 60.2 Å². The Balaban J connectivity index is 2.39. The van der Waals surface area contributed by atoms with E-state index in [1.54, 1.807) is 36.4 Å². The highest BCUT2D eigenvalue weighted by atomic mass is 16.7. The monoisotopic (exact) mass is 271 g/mol. The molecule has 5 heteroatoms. The molecule has 0 aromatic heterocycles. The number of hydroxylamine groups is 1. The average Bonchev–Trinajstić information content (AvgIpc) is 2.45. The molecule has 0 radical (unpaired) electrons. The van der Waals surface area contributed by atoms with E-state index in [9.17, 15) is 9.59 Å². The van der Waals surface area contributed by atoms with Crippen LogP contribution in [-0.2, 0) is 4.79 Å². The number of amides is 1. The van der Waals surface area contributed by atoms with Crippen LogP contribution in [0.4, 0.5) is 5.69 Å². The number of para-hydroxylation sites is 2. The van der Waals surface area contributed by atoms with Gasteiger partial charge in [-0.2, -0.15) is 0 Å². The number of carbonyl (C=O) groups is 2. The van der Waals surface area contributed by atoms with Crippen molar-refractivity contribution in [3.8, 4) is 5.75 Å². The third-order valence-corrected chi connectivity index (χ3v) is 2.58. The summed E-state index contributed by atoms with van der Waals surface area (Å²) in [6, 6.07) is 14.9. The second-order valence-corrected chi connectivity index (χ2v) is 4.04. The molecule has 20 heavy (non-hydrogen) atoms. The van der Waals surface area contributed by atoms with E-state index in [0.29, 0.717) is 5.75 Å². The Morgan fingerprint density at radius 3 is 2.20 bits per heavy atom. The molecule has 2 aromatic carbocycles. The molecule has 0 saturated carbocycles. The lowest BCUT2D eigenvalue weighted by Crippen LogP contribution is -2.33. The first kappa shape index (κ1) is 13.6. The van der Waals surface area contributed by atoms with Crippen LogP contribution >= 0.6 is 0 Å². The van der Waals surface area contributed by atoms with Gasteiger partial charge in [-0.1, -0.05) is 30.3 Å². The standard InChI is InChI=1S/C15H13NO4/c1-11(17)16(20-12-7-3-2-4-8-12)14-10-6-5-9-13(14)15(18)19/h2-10H,1H3,(H,18,19). The van der Waals surface area contributed by atoms with Crippen molar-refractivity contribution in [2.45, 2.75) is 6.92 Å². The molecule has 0 bridgehead atoms. The highest BCUT2D eigenvalue weighted by Crippen LogP contribution is 2.23. The van der Waals surface area contributed by atoms with Crippen LogP contribution in [0, 0.1) is 0 Å². The zero-order chi connectivity index (χ0) is 14.5. The summed E-state index contributed by atoms with van der Waals surface area (Å²) in [5, 5.41) is 10.1. The van der Waals surface area contributed by atoms with E-state index < -0.39 is 11.9 Å². The first-order valence-corrected chi connectivity index (χ1v) is 5.95. The highest BCUT2D eigenvalue weighted by molar-refractivity contribution is 6.00. The van der Waals surface area contributed by atoms with Gasteiger partial charge in [0.1, 0.15) is 0 Å². The van der Waals surface area contributed by atoms with E-state index in [2.05, 4.69) is 0 Å². The van der Waals surface area contributed by atoms with Crippen molar-refractivity contribution in [2.75, 3.05) is 5.06 Å². The lowest BCUT2D eigenvalue weighted by atomic mass is 10.2. The van der Waals surface area contributed by atoms with Crippen LogP contribution in [0.3, 0.4) is 0 Å². The fourth-order valence-electron chi connectivity index (χ4n) is 1.70. The van der Waals surface area contributed by atoms with E-state index in [4.69, 9.17) is 9.94 Å². The molecule has 0 spiro atoms. The Morgan fingerprint density at radius 1 is 1.00 bits per heavy atom. The van der Waals surface area contributed by atoms with E-state index in [-0.39, 0.29) is 11.3 Å². The Hall–Kier alpha value is -2.82. The number of carboxylic acid groups (broad SMARTS) is 1. The molecule has 5 nitrogen and oxygen atoms in total. The third kappa shape index (κ3) is 2.95. The van der Waals surface area contributed by atoms with Crippen molar-refractivity contribution in [3.63, 3.8) is 0 Å². The lowest BCUT2D eigenvalue weighted by Gasteiger charge is -2.22. The highest BCUT2D eigenvalue weighted by Gasteiger charge is 2.20. The number of hydrogen-bond donors (Lipinski definition) is 1. The first-order valence-electron chi connectivity index (χ1n) is 5.95. The summed E-state index contributed by atoms with van der Waals surface area (Å²) in [5.74, 6) is -1.09. The topological polar surface area (TPSA) is 66.8 Å². The van der Waals surface area contributed by atoms with Crippen molar-refractivity contribution >= 4 is 17.6 Å². The fourth-order valence-corrected chi connectivity index (χ4v) is 1.70. The van der Waals surface area contributed by atoms with Gasteiger partial charge in [0.25, 0.3) is 5.91 Å². The number of nitrogens with zero attached hydrogens (tertiary/aromatic N) is 1. The van der Waals surface area contributed by atoms with Gasteiger partial charge in [-0.3, -0.25) is 4.79 Å². The summed E-state index contributed by atoms with van der Waals surface area (Å²) >= 11 is 0. The Labute approximate surface area is 116 Å². The average molecular weight is 271 g/mol. The fraction of sp³-hybridized carbons (Fsp3) is 0.0667. The predicted molar refractivity (Wildman–Crippen MR) is 73.6 cm³/mol. The van der Waals surface area contributed by atoms with E-state index in [0.717, 1.165) is 5.06 Å². The Kier molecular flexibility index (Phi) is 4.00. The van der Waals surface area contributed by atoms with Crippen molar-refractivity contribution < 1.29 is 19.5 Å². The Morgan fingerprint density at radius 2 is 1.60 bits per heavy atom. The van der Waals surface area contributed by atoms with Gasteiger partial charge < -0.3 is 9.94 Å². The third-order valence-electron chi connectivity index (χ3n) is 2.58. The minimum Gasteiger partial charge on any atom is -0.478 e. The van der Waals surface area contributed by atoms with Crippen LogP contribution in [0.1, 0.15) is 17.3 Å². The summed E-state index contributed by atoms with van der Waals surface area (Å²) < 4.78 is 0. The lowest BCUT2D eigenvalue weighted by molar-refractivity contribution is -0.120. The number of anilines is 1. The van der Waals surface area contributed by atoms with Gasteiger partial charge in [-0.15, -0.1) is 5.06 Å². The minimum atomic E-state index is -1.12. The largest absolute Gasteiger partial charge is 0.478 e. The molecule has 0 unspecified atom stereocenters. The van der Waals surface area contributed by atoms with Gasteiger partial charge in [0.05, 0.1) is 11.3 Å². The summed E-state index contributed by atoms with van der Waals surface area (Å²) in [6.45, 7) is 1.31. The van der Waals surface area contributed by atoms with E-state index in [1.165, 1.54) is 19.1 Å². The number of carboxylic acids is 1. The quantitative estimate of drug-likeness (QED) is 0.868. The molecule has 0 aliphatic heterocycles. The molecule has 0 aliphatic carbocycles. The summed E-state index contributed by atoms with van der Waals surface area (Å²) in [4.78, 5) is 28.4. The van der Waals surface area contributed by atoms with Gasteiger partial charge in [-0.25, -0.2) is 4.79 Å². The molecule has 0 aliphatic rings. The summed E-state index contributed by atoms with van der Waals surface area (Å²) in [7, 11) is 0. The van der Waals surface area contributed by atoms with Crippen LogP contribution in [0.25, 0.3) is 0 Å². The van der Waals surface area contributed by atoms with Crippen molar-refractivity contribution in [2.24, 2.45) is 0 Å². The number of hydrogen-bond acceptors (Lipinski definition) is 3. The van der Waals surface area contributed by atoms with Gasteiger partial charge in [-0.05, 0) is 24.3 Å². The predicted octanol–water partition coefficient (Wildman–Crippen LogP) is 2.73. The number of carbonyl (C=O) groups excluding carboxylic acids is 1. The zero-order valence-electron chi connectivity index (χ0n) is 10.8. The SMILES string of the molecule is CC(=O)N(Oc1ccccc1)c1ccccc1C(=O)O. The van der Waals surface area contributed by atoms with Gasteiger partial charge in [0.15, 0.2) is 5.75 Å². The maximum Gasteiger partial charge on any atom is 0.337 e. The van der Waals surface area contributed by atoms with Gasteiger partial charge in [0, 0.05) is 6.92 Å². The second kappa shape index (κ2) is 5.88. The molecular formula is C15H13NO4.